The van der Waals surface area contributed by atoms with Gasteiger partial charge in [0, 0.05) is 18.7 Å². The molecule has 0 radical (unpaired) electrons. The monoisotopic (exact) mass is 370 g/mol. The largest absolute Gasteiger partial charge is 0.356 e. The van der Waals surface area contributed by atoms with Crippen molar-refractivity contribution < 1.29 is 9.32 Å². The van der Waals surface area contributed by atoms with E-state index in [2.05, 4.69) is 34.2 Å². The summed E-state index contributed by atoms with van der Waals surface area (Å²) >= 11 is 0. The van der Waals surface area contributed by atoms with Crippen LogP contribution in [0.1, 0.15) is 44.6 Å². The molecule has 0 bridgehead atoms. The number of nitrogens with one attached hydrogen (secondary N) is 1. The fourth-order valence-electron chi connectivity index (χ4n) is 3.49. The fraction of sp³-hybridized carbons (Fsp3) is 0.571. The van der Waals surface area contributed by atoms with Crippen LogP contribution in [-0.2, 0) is 11.3 Å². The highest BCUT2D eigenvalue weighted by molar-refractivity contribution is 5.78. The number of carbonyl (C=O) groups is 1. The quantitative estimate of drug-likeness (QED) is 0.809. The van der Waals surface area contributed by atoms with Crippen LogP contribution < -0.4 is 5.32 Å². The molecule has 0 saturated carbocycles. The van der Waals surface area contributed by atoms with Crippen molar-refractivity contribution in [1.82, 2.24) is 20.4 Å². The first kappa shape index (κ1) is 19.5. The van der Waals surface area contributed by atoms with Gasteiger partial charge in [-0.15, -0.1) is 0 Å². The summed E-state index contributed by atoms with van der Waals surface area (Å²) in [5.41, 5.74) is 2.12. The smallest absolute Gasteiger partial charge is 0.241 e. The molecule has 1 aromatic heterocycles. The molecular weight excluding hydrogens is 340 g/mol. The Balaban J connectivity index is 1.55. The summed E-state index contributed by atoms with van der Waals surface area (Å²) in [6.45, 7) is 9.44. The van der Waals surface area contributed by atoms with Crippen LogP contribution in [0, 0.1) is 18.8 Å². The van der Waals surface area contributed by atoms with Gasteiger partial charge in [-0.1, -0.05) is 43.3 Å². The minimum absolute atomic E-state index is 0.0460. The number of likely N-dealkylation sites (tertiary alicyclic amines) is 1. The summed E-state index contributed by atoms with van der Waals surface area (Å²) in [5, 5.41) is 7.21. The van der Waals surface area contributed by atoms with E-state index in [0.717, 1.165) is 50.0 Å². The second kappa shape index (κ2) is 9.13. The van der Waals surface area contributed by atoms with Crippen LogP contribution in [0.5, 0.6) is 0 Å². The van der Waals surface area contributed by atoms with E-state index in [0.29, 0.717) is 24.2 Å². The normalized spacial score (nSPS) is 18.0. The van der Waals surface area contributed by atoms with Crippen molar-refractivity contribution in [2.45, 2.75) is 46.6 Å². The number of rotatable bonds is 7. The number of benzene rings is 1. The standard InChI is InChI=1S/C21H30N4O2/c1-15(2)10-11-22-21(26)17-8-6-12-25(13-17)14-19-23-20(24-27-19)18-9-5-4-7-16(18)3/h4-5,7,9,15,17H,6,8,10-14H2,1-3H3,(H,22,26). The number of amides is 1. The van der Waals surface area contributed by atoms with Gasteiger partial charge in [0.25, 0.3) is 0 Å². The van der Waals surface area contributed by atoms with Crippen LogP contribution in [0.25, 0.3) is 11.4 Å². The number of hydrogen-bond donors (Lipinski definition) is 1. The topological polar surface area (TPSA) is 71.3 Å². The molecule has 0 aliphatic carbocycles. The molecule has 146 valence electrons. The van der Waals surface area contributed by atoms with Gasteiger partial charge < -0.3 is 9.84 Å². The molecule has 2 aromatic rings. The van der Waals surface area contributed by atoms with E-state index < -0.39 is 0 Å². The number of piperidine rings is 1. The number of carbonyl (C=O) groups excluding carboxylic acids is 1. The Labute approximate surface area is 161 Å². The highest BCUT2D eigenvalue weighted by atomic mass is 16.5. The van der Waals surface area contributed by atoms with Gasteiger partial charge in [0.05, 0.1) is 12.5 Å². The van der Waals surface area contributed by atoms with Crippen molar-refractivity contribution in [3.63, 3.8) is 0 Å². The van der Waals surface area contributed by atoms with Crippen LogP contribution in [0.15, 0.2) is 28.8 Å². The molecule has 1 saturated heterocycles. The Kier molecular flexibility index (Phi) is 6.61. The Hall–Kier alpha value is -2.21. The van der Waals surface area contributed by atoms with Crippen LogP contribution in [0.2, 0.25) is 0 Å². The Morgan fingerprint density at radius 2 is 2.19 bits per heavy atom. The SMILES string of the molecule is Cc1ccccc1-c1noc(CN2CCCC(C(=O)NCCC(C)C)C2)n1. The predicted molar refractivity (Wildman–Crippen MR) is 105 cm³/mol. The molecule has 1 aliphatic rings. The summed E-state index contributed by atoms with van der Waals surface area (Å²) in [6.07, 6.45) is 2.98. The van der Waals surface area contributed by atoms with Crippen molar-refractivity contribution in [1.29, 1.82) is 0 Å². The lowest BCUT2D eigenvalue weighted by Gasteiger charge is -2.30. The summed E-state index contributed by atoms with van der Waals surface area (Å²) in [7, 11) is 0. The van der Waals surface area contributed by atoms with Gasteiger partial charge in [-0.2, -0.15) is 4.98 Å². The third-order valence-electron chi connectivity index (χ3n) is 5.11. The molecule has 0 spiro atoms. The molecule has 1 N–H and O–H groups in total. The van der Waals surface area contributed by atoms with E-state index in [9.17, 15) is 4.79 Å². The van der Waals surface area contributed by atoms with Gasteiger partial charge in [0.1, 0.15) is 0 Å². The van der Waals surface area contributed by atoms with E-state index in [-0.39, 0.29) is 11.8 Å². The number of hydrogen-bond acceptors (Lipinski definition) is 5. The highest BCUT2D eigenvalue weighted by Crippen LogP contribution is 2.22. The molecule has 2 heterocycles. The van der Waals surface area contributed by atoms with E-state index >= 15 is 0 Å². The maximum absolute atomic E-state index is 12.4. The number of aryl methyl sites for hydroxylation is 1. The zero-order chi connectivity index (χ0) is 19.2. The average Bonchev–Trinajstić information content (AvgIpc) is 3.10. The van der Waals surface area contributed by atoms with Crippen LogP contribution in [0.4, 0.5) is 0 Å². The summed E-state index contributed by atoms with van der Waals surface area (Å²) in [6, 6.07) is 8.02. The summed E-state index contributed by atoms with van der Waals surface area (Å²) < 4.78 is 5.46. The molecule has 6 heteroatoms. The molecule has 1 atom stereocenters. The minimum atomic E-state index is 0.0460. The number of aromatic nitrogens is 2. The molecule has 1 aromatic carbocycles. The third-order valence-corrected chi connectivity index (χ3v) is 5.11. The Morgan fingerprint density at radius 1 is 1.37 bits per heavy atom. The molecule has 1 unspecified atom stereocenters. The van der Waals surface area contributed by atoms with Crippen molar-refractivity contribution in [3.8, 4) is 11.4 Å². The molecule has 1 fully saturated rings. The van der Waals surface area contributed by atoms with E-state index in [1.54, 1.807) is 0 Å². The second-order valence-corrected chi connectivity index (χ2v) is 7.87. The van der Waals surface area contributed by atoms with Crippen LogP contribution in [0.3, 0.4) is 0 Å². The first-order chi connectivity index (χ1) is 13.0. The maximum Gasteiger partial charge on any atom is 0.241 e. The lowest BCUT2D eigenvalue weighted by Crippen LogP contribution is -2.43. The van der Waals surface area contributed by atoms with Gasteiger partial charge in [0.15, 0.2) is 0 Å². The first-order valence-corrected chi connectivity index (χ1v) is 9.91. The van der Waals surface area contributed by atoms with E-state index in [1.165, 1.54) is 0 Å². The van der Waals surface area contributed by atoms with Crippen molar-refractivity contribution in [2.75, 3.05) is 19.6 Å². The maximum atomic E-state index is 12.4. The predicted octanol–water partition coefficient (Wildman–Crippen LogP) is 3.42. The van der Waals surface area contributed by atoms with Gasteiger partial charge in [0.2, 0.25) is 17.6 Å². The van der Waals surface area contributed by atoms with E-state index in [4.69, 9.17) is 4.52 Å². The summed E-state index contributed by atoms with van der Waals surface area (Å²) in [5.74, 6) is 2.06. The Morgan fingerprint density at radius 3 is 2.96 bits per heavy atom. The van der Waals surface area contributed by atoms with Crippen molar-refractivity contribution >= 4 is 5.91 Å². The lowest BCUT2D eigenvalue weighted by atomic mass is 9.97. The summed E-state index contributed by atoms with van der Waals surface area (Å²) in [4.78, 5) is 19.2. The fourth-order valence-corrected chi connectivity index (χ4v) is 3.49. The van der Waals surface area contributed by atoms with Gasteiger partial charge in [-0.05, 0) is 44.2 Å². The van der Waals surface area contributed by atoms with Crippen LogP contribution in [-0.4, -0.2) is 40.6 Å². The van der Waals surface area contributed by atoms with Crippen molar-refractivity contribution in [2.24, 2.45) is 11.8 Å². The molecule has 1 amide bonds. The van der Waals surface area contributed by atoms with Crippen molar-refractivity contribution in [3.05, 3.63) is 35.7 Å². The third kappa shape index (κ3) is 5.39. The molecule has 3 rings (SSSR count). The van der Waals surface area contributed by atoms with Gasteiger partial charge in [-0.25, -0.2) is 0 Å². The zero-order valence-corrected chi connectivity index (χ0v) is 16.6. The molecule has 6 nitrogen and oxygen atoms in total. The minimum Gasteiger partial charge on any atom is -0.356 e. The highest BCUT2D eigenvalue weighted by Gasteiger charge is 2.26. The second-order valence-electron chi connectivity index (χ2n) is 7.87. The lowest BCUT2D eigenvalue weighted by molar-refractivity contribution is -0.126. The zero-order valence-electron chi connectivity index (χ0n) is 16.6. The average molecular weight is 370 g/mol. The number of nitrogens with zero attached hydrogens (tertiary/aromatic N) is 3. The van der Waals surface area contributed by atoms with Crippen LogP contribution >= 0.6 is 0 Å². The Bertz CT molecular complexity index is 756. The molecule has 27 heavy (non-hydrogen) atoms. The van der Waals surface area contributed by atoms with Gasteiger partial charge >= 0.3 is 0 Å². The van der Waals surface area contributed by atoms with E-state index in [1.807, 2.05) is 31.2 Å². The van der Waals surface area contributed by atoms with Gasteiger partial charge in [-0.3, -0.25) is 9.69 Å². The molecular formula is C21H30N4O2. The first-order valence-electron chi connectivity index (χ1n) is 9.91. The molecule has 1 aliphatic heterocycles.